The molecule has 2 aromatic heterocycles. The van der Waals surface area contributed by atoms with Crippen LogP contribution in [0.5, 0.6) is 11.5 Å². The van der Waals surface area contributed by atoms with Crippen molar-refractivity contribution in [2.24, 2.45) is 4.99 Å². The highest BCUT2D eigenvalue weighted by molar-refractivity contribution is 7.07. The van der Waals surface area contributed by atoms with Crippen LogP contribution in [0, 0.1) is 10.1 Å². The number of hydrogen-bond acceptors (Lipinski definition) is 9. The smallest absolute Gasteiger partial charge is 0.284 e. The zero-order valence-electron chi connectivity index (χ0n) is 26.5. The molecular formula is C35H32N4O7S. The topological polar surface area (TPSA) is 129 Å². The largest absolute Gasteiger partial charge is 0.497 e. The van der Waals surface area contributed by atoms with Gasteiger partial charge in [-0.25, -0.2) is 4.99 Å². The van der Waals surface area contributed by atoms with Crippen LogP contribution in [0.1, 0.15) is 38.1 Å². The van der Waals surface area contributed by atoms with Crippen molar-refractivity contribution in [3.05, 3.63) is 119 Å². The third-order valence-electron chi connectivity index (χ3n) is 8.29. The highest BCUT2D eigenvalue weighted by Gasteiger charge is 2.36. The number of fused-ring (bicyclic) bond motifs is 2. The highest BCUT2D eigenvalue weighted by Crippen LogP contribution is 2.40. The number of rotatable bonds is 9. The Bertz CT molecular complexity index is 2260. The number of carbonyl (C=O) groups is 1. The van der Waals surface area contributed by atoms with Gasteiger partial charge in [-0.05, 0) is 61.9 Å². The lowest BCUT2D eigenvalue weighted by Crippen LogP contribution is -2.43. The average Bonchev–Trinajstić information content (AvgIpc) is 3.67. The number of nitro groups is 1. The van der Waals surface area contributed by atoms with Crippen LogP contribution in [0.2, 0.25) is 0 Å². The van der Waals surface area contributed by atoms with Crippen molar-refractivity contribution in [2.75, 3.05) is 27.3 Å². The Morgan fingerprint density at radius 1 is 1.09 bits per heavy atom. The third-order valence-corrected chi connectivity index (χ3v) is 9.28. The second-order valence-electron chi connectivity index (χ2n) is 10.8. The number of allylic oxidation sites excluding steroid dienone is 1. The number of thiazole rings is 1. The fourth-order valence-electron chi connectivity index (χ4n) is 5.99. The number of carbonyl (C=O) groups excluding carboxylic acids is 1. The van der Waals surface area contributed by atoms with Gasteiger partial charge in [0.1, 0.15) is 29.1 Å². The summed E-state index contributed by atoms with van der Waals surface area (Å²) in [6, 6.07) is 18.5. The summed E-state index contributed by atoms with van der Waals surface area (Å²) in [7, 11) is 3.01. The van der Waals surface area contributed by atoms with Gasteiger partial charge in [0.05, 0.1) is 46.6 Å². The Labute approximate surface area is 273 Å². The van der Waals surface area contributed by atoms with Gasteiger partial charge in [-0.3, -0.25) is 24.3 Å². The van der Waals surface area contributed by atoms with E-state index in [0.29, 0.717) is 56.5 Å². The summed E-state index contributed by atoms with van der Waals surface area (Å²) in [5.41, 5.74) is 1.34. The molecular weight excluding hydrogens is 620 g/mol. The lowest BCUT2D eigenvalue weighted by molar-refractivity contribution is -0.384. The Kier molecular flexibility index (Phi) is 8.52. The van der Waals surface area contributed by atoms with Crippen molar-refractivity contribution in [1.82, 2.24) is 9.47 Å². The fourth-order valence-corrected chi connectivity index (χ4v) is 7.01. The minimum atomic E-state index is -0.823. The number of furan rings is 1. The van der Waals surface area contributed by atoms with E-state index in [1.807, 2.05) is 50.2 Å². The quantitative estimate of drug-likeness (QED) is 0.153. The first-order valence-corrected chi connectivity index (χ1v) is 15.8. The molecule has 0 unspecified atom stereocenters. The van der Waals surface area contributed by atoms with Crippen molar-refractivity contribution in [3.63, 3.8) is 0 Å². The van der Waals surface area contributed by atoms with Gasteiger partial charge >= 0.3 is 0 Å². The molecule has 47 heavy (non-hydrogen) atoms. The van der Waals surface area contributed by atoms with Crippen LogP contribution in [0.25, 0.3) is 28.2 Å². The number of aromatic nitrogens is 1. The van der Waals surface area contributed by atoms with Gasteiger partial charge in [0.15, 0.2) is 4.80 Å². The van der Waals surface area contributed by atoms with E-state index >= 15 is 0 Å². The maximum absolute atomic E-state index is 14.4. The van der Waals surface area contributed by atoms with E-state index in [9.17, 15) is 19.7 Å². The molecule has 12 heteroatoms. The fraction of sp³-hybridized carbons (Fsp3) is 0.229. The van der Waals surface area contributed by atoms with Crippen LogP contribution in [-0.2, 0) is 4.79 Å². The first-order valence-electron chi connectivity index (χ1n) is 15.0. The Hall–Kier alpha value is -5.49. The van der Waals surface area contributed by atoms with Gasteiger partial charge in [0.25, 0.3) is 17.2 Å². The summed E-state index contributed by atoms with van der Waals surface area (Å²) in [4.78, 5) is 46.7. The van der Waals surface area contributed by atoms with Crippen molar-refractivity contribution >= 4 is 39.8 Å². The second-order valence-corrected chi connectivity index (χ2v) is 11.8. The number of ether oxygens (including phenoxy) is 2. The van der Waals surface area contributed by atoms with Gasteiger partial charge < -0.3 is 18.8 Å². The Morgan fingerprint density at radius 2 is 1.85 bits per heavy atom. The lowest BCUT2D eigenvalue weighted by Gasteiger charge is -2.30. The number of nitrogens with zero attached hydrogens (tertiary/aromatic N) is 4. The second kappa shape index (κ2) is 12.7. The molecule has 1 aliphatic rings. The molecule has 0 bridgehead atoms. The maximum Gasteiger partial charge on any atom is 0.284 e. The monoisotopic (exact) mass is 652 g/mol. The summed E-state index contributed by atoms with van der Waals surface area (Å²) in [5.74, 6) is 1.27. The van der Waals surface area contributed by atoms with E-state index in [1.54, 1.807) is 53.8 Å². The lowest BCUT2D eigenvalue weighted by atomic mass is 9.90. The molecule has 3 heterocycles. The summed E-state index contributed by atoms with van der Waals surface area (Å²) in [5, 5.41) is 13.6. The number of methoxy groups -OCH3 is 2. The van der Waals surface area contributed by atoms with Crippen LogP contribution in [0.15, 0.2) is 92.2 Å². The predicted octanol–water partition coefficient (Wildman–Crippen LogP) is 5.44. The molecule has 0 saturated heterocycles. The normalized spacial score (nSPS) is 14.6. The van der Waals surface area contributed by atoms with Crippen molar-refractivity contribution in [1.29, 1.82) is 0 Å². The molecule has 0 saturated carbocycles. The molecule has 1 amide bonds. The minimum Gasteiger partial charge on any atom is -0.497 e. The van der Waals surface area contributed by atoms with E-state index < -0.39 is 11.0 Å². The molecule has 0 radical (unpaired) electrons. The zero-order valence-corrected chi connectivity index (χ0v) is 27.3. The van der Waals surface area contributed by atoms with Crippen LogP contribution >= 0.6 is 11.3 Å². The SMILES string of the molecule is CCN(CC)C(=O)C1=C(C)N=c2s/c(=C/c3ccc(-c4ccc(OC)cc4[N+](=O)[O-])o3)c(=O)n2[C@H]1c1c(OC)ccc2ccccc12. The average molecular weight is 653 g/mol. The van der Waals surface area contributed by atoms with Gasteiger partial charge in [0.2, 0.25) is 0 Å². The van der Waals surface area contributed by atoms with Crippen molar-refractivity contribution in [2.45, 2.75) is 26.8 Å². The summed E-state index contributed by atoms with van der Waals surface area (Å²) >= 11 is 1.17. The van der Waals surface area contributed by atoms with Crippen molar-refractivity contribution < 1.29 is 23.6 Å². The van der Waals surface area contributed by atoms with Gasteiger partial charge in [-0.15, -0.1) is 0 Å². The molecule has 0 N–H and O–H groups in total. The summed E-state index contributed by atoms with van der Waals surface area (Å²) in [6.07, 6.45) is 1.59. The first-order chi connectivity index (χ1) is 22.7. The molecule has 1 aliphatic heterocycles. The number of hydrogen-bond donors (Lipinski definition) is 0. The number of likely N-dealkylation sites (N-methyl/N-ethyl adjacent to an activating group) is 1. The summed E-state index contributed by atoms with van der Waals surface area (Å²) < 4.78 is 18.9. The van der Waals surface area contributed by atoms with Gasteiger partial charge in [-0.2, -0.15) is 0 Å². The molecule has 0 spiro atoms. The molecule has 240 valence electrons. The number of amides is 1. The molecule has 0 aliphatic carbocycles. The third kappa shape index (κ3) is 5.50. The van der Waals surface area contributed by atoms with Gasteiger partial charge in [0, 0.05) is 24.7 Å². The Balaban J connectivity index is 1.56. The van der Waals surface area contributed by atoms with E-state index in [4.69, 9.17) is 18.9 Å². The summed E-state index contributed by atoms with van der Waals surface area (Å²) in [6.45, 7) is 6.60. The molecule has 3 aromatic carbocycles. The van der Waals surface area contributed by atoms with Crippen LogP contribution in [0.4, 0.5) is 5.69 Å². The van der Waals surface area contributed by atoms with Crippen LogP contribution in [0.3, 0.4) is 0 Å². The van der Waals surface area contributed by atoms with Crippen molar-refractivity contribution in [3.8, 4) is 22.8 Å². The van der Waals surface area contributed by atoms with Gasteiger partial charge in [-0.1, -0.05) is 41.7 Å². The predicted molar refractivity (Wildman–Crippen MR) is 180 cm³/mol. The van der Waals surface area contributed by atoms with E-state index in [1.165, 1.54) is 24.5 Å². The molecule has 6 rings (SSSR count). The molecule has 0 fully saturated rings. The van der Waals surface area contributed by atoms with Crippen LogP contribution < -0.4 is 24.4 Å². The van der Waals surface area contributed by atoms with E-state index in [0.717, 1.165) is 10.8 Å². The zero-order chi connectivity index (χ0) is 33.4. The number of benzene rings is 3. The minimum absolute atomic E-state index is 0.172. The van der Waals surface area contributed by atoms with Crippen LogP contribution in [-0.4, -0.2) is 47.6 Å². The molecule has 5 aromatic rings. The maximum atomic E-state index is 14.4. The highest BCUT2D eigenvalue weighted by atomic mass is 32.1. The van der Waals surface area contributed by atoms with E-state index in [-0.39, 0.29) is 28.5 Å². The molecule has 1 atom stereocenters. The standard InChI is InChI=1S/C35H32N4O7S/c1-6-37(7-2)34(41)30-20(3)36-35-38(32(30)31-24-11-9-8-10-21(24)12-16-28(31)45-5)33(40)29(47-35)19-23-14-17-27(46-23)25-15-13-22(44-4)18-26(25)39(42)43/h8-19,32H,6-7H2,1-5H3/b29-19+/t32-/m1/s1. The van der Waals surface area contributed by atoms with E-state index in [2.05, 4.69) is 0 Å². The molecule has 11 nitrogen and oxygen atoms in total. The first kappa shape index (κ1) is 31.5. The number of nitro benzene ring substituents is 1. The Morgan fingerprint density at radius 3 is 2.55 bits per heavy atom.